The minimum absolute atomic E-state index is 0.157. The van der Waals surface area contributed by atoms with Crippen molar-refractivity contribution < 1.29 is 4.79 Å². The highest BCUT2D eigenvalue weighted by molar-refractivity contribution is 5.98. The van der Waals surface area contributed by atoms with E-state index in [1.165, 1.54) is 5.56 Å². The maximum absolute atomic E-state index is 12.4. The Balaban J connectivity index is 1.85. The highest BCUT2D eigenvalue weighted by atomic mass is 16.1. The van der Waals surface area contributed by atoms with E-state index < -0.39 is 0 Å². The number of hydrogen-bond donors (Lipinski definition) is 0. The monoisotopic (exact) mass is 263 g/mol. The van der Waals surface area contributed by atoms with Crippen molar-refractivity contribution in [3.05, 3.63) is 65.6 Å². The molecule has 2 aromatic heterocycles. The SMILES string of the molecule is O=C1CC(c2ccccc2)Cc2c1cnc1ccnn21. The number of fused-ring (bicyclic) bond motifs is 3. The van der Waals surface area contributed by atoms with Crippen molar-refractivity contribution in [3.8, 4) is 0 Å². The van der Waals surface area contributed by atoms with E-state index in [-0.39, 0.29) is 11.7 Å². The fourth-order valence-electron chi connectivity index (χ4n) is 2.95. The van der Waals surface area contributed by atoms with Gasteiger partial charge in [0.1, 0.15) is 0 Å². The fourth-order valence-corrected chi connectivity index (χ4v) is 2.95. The van der Waals surface area contributed by atoms with Gasteiger partial charge in [-0.2, -0.15) is 5.10 Å². The predicted molar refractivity (Wildman–Crippen MR) is 74.8 cm³/mol. The molecule has 0 amide bonds. The highest BCUT2D eigenvalue weighted by Crippen LogP contribution is 2.32. The third kappa shape index (κ3) is 1.65. The second kappa shape index (κ2) is 4.27. The van der Waals surface area contributed by atoms with Crippen LogP contribution in [0.3, 0.4) is 0 Å². The molecule has 1 aliphatic rings. The molecule has 20 heavy (non-hydrogen) atoms. The molecular weight excluding hydrogens is 250 g/mol. The highest BCUT2D eigenvalue weighted by Gasteiger charge is 2.28. The van der Waals surface area contributed by atoms with E-state index in [2.05, 4.69) is 22.2 Å². The van der Waals surface area contributed by atoms with Crippen molar-refractivity contribution >= 4 is 11.4 Å². The van der Waals surface area contributed by atoms with Gasteiger partial charge >= 0.3 is 0 Å². The average molecular weight is 263 g/mol. The van der Waals surface area contributed by atoms with Gasteiger partial charge in [0, 0.05) is 18.7 Å². The topological polar surface area (TPSA) is 47.3 Å². The lowest BCUT2D eigenvalue weighted by molar-refractivity contribution is 0.0962. The van der Waals surface area contributed by atoms with E-state index >= 15 is 0 Å². The summed E-state index contributed by atoms with van der Waals surface area (Å²) in [6.45, 7) is 0. The number of carbonyl (C=O) groups is 1. The van der Waals surface area contributed by atoms with Crippen LogP contribution in [0.1, 0.15) is 34.0 Å². The Morgan fingerprint density at radius 1 is 1.10 bits per heavy atom. The summed E-state index contributed by atoms with van der Waals surface area (Å²) in [6, 6.07) is 12.1. The van der Waals surface area contributed by atoms with Crippen molar-refractivity contribution in [2.45, 2.75) is 18.8 Å². The maximum atomic E-state index is 12.4. The van der Waals surface area contributed by atoms with Crippen LogP contribution in [0.2, 0.25) is 0 Å². The lowest BCUT2D eigenvalue weighted by Gasteiger charge is -2.24. The third-order valence-corrected chi connectivity index (χ3v) is 3.96. The number of Topliss-reactive ketones (excluding diaryl/α,β-unsaturated/α-hetero) is 1. The minimum Gasteiger partial charge on any atom is -0.294 e. The van der Waals surface area contributed by atoms with E-state index in [0.29, 0.717) is 12.0 Å². The molecule has 4 nitrogen and oxygen atoms in total. The Hall–Kier alpha value is -2.49. The van der Waals surface area contributed by atoms with Crippen LogP contribution in [-0.2, 0) is 6.42 Å². The Morgan fingerprint density at radius 2 is 1.95 bits per heavy atom. The van der Waals surface area contributed by atoms with Gasteiger partial charge in [0.15, 0.2) is 11.4 Å². The van der Waals surface area contributed by atoms with Crippen molar-refractivity contribution in [1.29, 1.82) is 0 Å². The van der Waals surface area contributed by atoms with Crippen LogP contribution in [-0.4, -0.2) is 20.4 Å². The molecule has 0 fully saturated rings. The van der Waals surface area contributed by atoms with Crippen molar-refractivity contribution in [3.63, 3.8) is 0 Å². The van der Waals surface area contributed by atoms with Gasteiger partial charge in [0.25, 0.3) is 0 Å². The number of rotatable bonds is 1. The molecule has 4 heteroatoms. The van der Waals surface area contributed by atoms with Crippen LogP contribution in [0.5, 0.6) is 0 Å². The van der Waals surface area contributed by atoms with Crippen molar-refractivity contribution in [2.24, 2.45) is 0 Å². The average Bonchev–Trinajstić information content (AvgIpc) is 2.97. The van der Waals surface area contributed by atoms with Gasteiger partial charge in [0.2, 0.25) is 0 Å². The number of carbonyl (C=O) groups excluding carboxylic acids is 1. The summed E-state index contributed by atoms with van der Waals surface area (Å²) in [7, 11) is 0. The molecule has 4 rings (SSSR count). The number of ketones is 1. The lowest BCUT2D eigenvalue weighted by Crippen LogP contribution is -2.22. The summed E-state index contributed by atoms with van der Waals surface area (Å²) < 4.78 is 1.79. The molecule has 0 N–H and O–H groups in total. The fraction of sp³-hybridized carbons (Fsp3) is 0.188. The first-order chi connectivity index (χ1) is 9.83. The number of benzene rings is 1. The van der Waals surface area contributed by atoms with E-state index in [9.17, 15) is 4.79 Å². The van der Waals surface area contributed by atoms with Gasteiger partial charge in [-0.15, -0.1) is 0 Å². The predicted octanol–water partition coefficient (Wildman–Crippen LogP) is 2.64. The van der Waals surface area contributed by atoms with E-state index in [1.54, 1.807) is 16.9 Å². The van der Waals surface area contributed by atoms with E-state index in [0.717, 1.165) is 17.8 Å². The molecule has 0 saturated heterocycles. The Morgan fingerprint density at radius 3 is 2.80 bits per heavy atom. The van der Waals surface area contributed by atoms with Crippen LogP contribution in [0, 0.1) is 0 Å². The molecule has 1 aliphatic carbocycles. The molecule has 0 aliphatic heterocycles. The first-order valence-corrected chi connectivity index (χ1v) is 6.72. The zero-order chi connectivity index (χ0) is 13.5. The maximum Gasteiger partial charge on any atom is 0.166 e. The molecule has 1 aromatic carbocycles. The second-order valence-electron chi connectivity index (χ2n) is 5.16. The summed E-state index contributed by atoms with van der Waals surface area (Å²) >= 11 is 0. The van der Waals surface area contributed by atoms with Crippen LogP contribution in [0.15, 0.2) is 48.8 Å². The van der Waals surface area contributed by atoms with Crippen molar-refractivity contribution in [2.75, 3.05) is 0 Å². The molecular formula is C16H13N3O. The molecule has 0 spiro atoms. The zero-order valence-electron chi connectivity index (χ0n) is 10.9. The van der Waals surface area contributed by atoms with Gasteiger partial charge in [-0.05, 0) is 17.9 Å². The summed E-state index contributed by atoms with van der Waals surface area (Å²) in [6.07, 6.45) is 4.78. The van der Waals surface area contributed by atoms with E-state index in [1.807, 2.05) is 24.3 Å². The van der Waals surface area contributed by atoms with E-state index in [4.69, 9.17) is 0 Å². The van der Waals surface area contributed by atoms with Gasteiger partial charge in [0.05, 0.1) is 17.5 Å². The smallest absolute Gasteiger partial charge is 0.166 e. The molecule has 1 atom stereocenters. The molecule has 3 aromatic rings. The van der Waals surface area contributed by atoms with Crippen LogP contribution in [0.25, 0.3) is 5.65 Å². The quantitative estimate of drug-likeness (QED) is 0.678. The Kier molecular flexibility index (Phi) is 2.42. The van der Waals surface area contributed by atoms with Crippen LogP contribution >= 0.6 is 0 Å². The number of aromatic nitrogens is 3. The van der Waals surface area contributed by atoms with Gasteiger partial charge < -0.3 is 0 Å². The summed E-state index contributed by atoms with van der Waals surface area (Å²) in [5.74, 6) is 0.385. The first-order valence-electron chi connectivity index (χ1n) is 6.72. The molecule has 1 unspecified atom stereocenters. The van der Waals surface area contributed by atoms with Gasteiger partial charge in [-0.1, -0.05) is 30.3 Å². The summed E-state index contributed by atoms with van der Waals surface area (Å²) in [5.41, 5.74) is 3.70. The Labute approximate surface area is 116 Å². The molecule has 0 bridgehead atoms. The molecule has 0 saturated carbocycles. The van der Waals surface area contributed by atoms with Gasteiger partial charge in [-0.3, -0.25) is 4.79 Å². The largest absolute Gasteiger partial charge is 0.294 e. The van der Waals surface area contributed by atoms with Crippen LogP contribution < -0.4 is 0 Å². The third-order valence-electron chi connectivity index (χ3n) is 3.96. The molecule has 98 valence electrons. The Bertz CT molecular complexity index is 792. The number of hydrogen-bond acceptors (Lipinski definition) is 3. The summed E-state index contributed by atoms with van der Waals surface area (Å²) in [5, 5.41) is 4.30. The first kappa shape index (κ1) is 11.3. The molecule has 0 radical (unpaired) electrons. The minimum atomic E-state index is 0.157. The summed E-state index contributed by atoms with van der Waals surface area (Å²) in [4.78, 5) is 16.6. The lowest BCUT2D eigenvalue weighted by atomic mass is 9.82. The normalized spacial score (nSPS) is 18.2. The van der Waals surface area contributed by atoms with Gasteiger partial charge in [-0.25, -0.2) is 9.50 Å². The van der Waals surface area contributed by atoms with Crippen LogP contribution in [0.4, 0.5) is 0 Å². The molecule has 2 heterocycles. The number of nitrogens with zero attached hydrogens (tertiary/aromatic N) is 3. The van der Waals surface area contributed by atoms with Crippen molar-refractivity contribution in [1.82, 2.24) is 14.6 Å². The zero-order valence-corrected chi connectivity index (χ0v) is 10.9. The standard InChI is InChI=1S/C16H13N3O/c20-15-9-12(11-4-2-1-3-5-11)8-14-13(15)10-17-16-6-7-18-19(14)16/h1-7,10,12H,8-9H2. The second-order valence-corrected chi connectivity index (χ2v) is 5.16.